The maximum absolute atomic E-state index is 12.4. The highest BCUT2D eigenvalue weighted by Gasteiger charge is 2.32. The Morgan fingerprint density at radius 3 is 1.62 bits per heavy atom. The number of carbonyl (C=O) groups excluding carboxylic acids is 2. The lowest BCUT2D eigenvalue weighted by Crippen LogP contribution is -2.56. The highest BCUT2D eigenvalue weighted by molar-refractivity contribution is 5.92. The van der Waals surface area contributed by atoms with Gasteiger partial charge in [0.05, 0.1) is 0 Å². The van der Waals surface area contributed by atoms with Crippen LogP contribution in [-0.4, -0.2) is 34.3 Å². The van der Waals surface area contributed by atoms with Gasteiger partial charge in [-0.2, -0.15) is 0 Å². The molecule has 0 saturated heterocycles. The molecule has 2 atom stereocenters. The second-order valence-corrected chi connectivity index (χ2v) is 6.31. The minimum atomic E-state index is -0.406. The van der Waals surface area contributed by atoms with Gasteiger partial charge in [-0.05, 0) is 25.0 Å². The normalized spacial score (nSPS) is 19.5. The summed E-state index contributed by atoms with van der Waals surface area (Å²) in [6, 6.07) is 9.09. The molecule has 2 heterocycles. The predicted molar refractivity (Wildman–Crippen MR) is 88.6 cm³/mol. The molecule has 2 amide bonds. The summed E-state index contributed by atoms with van der Waals surface area (Å²) in [6.07, 6.45) is 6.09. The Balaban J connectivity index is 1.70. The number of amides is 2. The smallest absolute Gasteiger partial charge is 0.321 e. The van der Waals surface area contributed by atoms with Gasteiger partial charge in [0, 0.05) is 45.8 Å². The second-order valence-electron chi connectivity index (χ2n) is 6.31. The molecule has 0 bridgehead atoms. The van der Waals surface area contributed by atoms with Crippen molar-refractivity contribution in [3.63, 3.8) is 0 Å². The summed E-state index contributed by atoms with van der Waals surface area (Å²) in [6.45, 7) is 0. The zero-order valence-corrected chi connectivity index (χ0v) is 14.2. The van der Waals surface area contributed by atoms with Gasteiger partial charge in [-0.1, -0.05) is 12.8 Å². The van der Waals surface area contributed by atoms with Crippen LogP contribution >= 0.6 is 0 Å². The summed E-state index contributed by atoms with van der Waals surface area (Å²) in [5.41, 5.74) is 0.249. The maximum atomic E-state index is 12.4. The van der Waals surface area contributed by atoms with Crippen LogP contribution in [0.5, 0.6) is 0 Å². The number of nitrogens with one attached hydrogen (secondary N) is 2. The molecule has 8 heteroatoms. The standard InChI is InChI=1S/C18H20N4O4/c23-17(15-9-3-5-11-21(15)25)19-13-7-1-2-8-14(13)20-18(24)16-10-4-6-12-22(16)26/h3-6,9-14H,1-2,7-8H2,(H2-2,19,20,23,24,25,26)/p+2. The molecule has 0 aliphatic heterocycles. The molecule has 0 spiro atoms. The molecule has 26 heavy (non-hydrogen) atoms. The first-order valence-corrected chi connectivity index (χ1v) is 8.58. The Labute approximate surface area is 150 Å². The predicted octanol–water partition coefficient (Wildman–Crippen LogP) is 0.207. The van der Waals surface area contributed by atoms with E-state index < -0.39 is 11.8 Å². The molecule has 2 unspecified atom stereocenters. The van der Waals surface area contributed by atoms with Crippen molar-refractivity contribution in [2.45, 2.75) is 37.8 Å². The summed E-state index contributed by atoms with van der Waals surface area (Å²) in [7, 11) is 0. The monoisotopic (exact) mass is 358 g/mol. The Kier molecular flexibility index (Phi) is 5.31. The molecule has 2 aromatic rings. The van der Waals surface area contributed by atoms with E-state index in [0.29, 0.717) is 0 Å². The van der Waals surface area contributed by atoms with E-state index in [-0.39, 0.29) is 23.5 Å². The molecule has 2 aromatic heterocycles. The van der Waals surface area contributed by atoms with Gasteiger partial charge in [0.15, 0.2) is 0 Å². The van der Waals surface area contributed by atoms with Crippen LogP contribution < -0.4 is 20.1 Å². The molecular weight excluding hydrogens is 336 g/mol. The zero-order valence-electron chi connectivity index (χ0n) is 14.2. The third kappa shape index (κ3) is 3.90. The topological polar surface area (TPSA) is 106 Å². The van der Waals surface area contributed by atoms with Crippen LogP contribution in [0.1, 0.15) is 46.7 Å². The largest absolute Gasteiger partial charge is 0.342 e. The molecule has 1 aliphatic rings. The first-order valence-electron chi connectivity index (χ1n) is 8.58. The SMILES string of the molecule is O=C(NC1CCCCC1NC(=O)c1cccc[n+]1O)c1cccc[n+]1O. The Morgan fingerprint density at radius 2 is 1.23 bits per heavy atom. The van der Waals surface area contributed by atoms with Crippen molar-refractivity contribution in [2.75, 3.05) is 0 Å². The molecular formula is C18H22N4O4+2. The van der Waals surface area contributed by atoms with Crippen LogP contribution in [0.25, 0.3) is 0 Å². The number of nitrogens with zero attached hydrogens (tertiary/aromatic N) is 2. The van der Waals surface area contributed by atoms with Crippen LogP contribution in [0.2, 0.25) is 0 Å². The van der Waals surface area contributed by atoms with Crippen LogP contribution in [-0.2, 0) is 0 Å². The van der Waals surface area contributed by atoms with Gasteiger partial charge in [-0.3, -0.25) is 20.0 Å². The molecule has 8 nitrogen and oxygen atoms in total. The Hall–Kier alpha value is -3.16. The van der Waals surface area contributed by atoms with E-state index in [9.17, 15) is 20.0 Å². The van der Waals surface area contributed by atoms with Crippen LogP contribution in [0.15, 0.2) is 48.8 Å². The minimum Gasteiger partial charge on any atom is -0.342 e. The fourth-order valence-corrected chi connectivity index (χ4v) is 3.19. The lowest BCUT2D eigenvalue weighted by molar-refractivity contribution is -0.905. The van der Waals surface area contributed by atoms with Crippen molar-refractivity contribution in [1.29, 1.82) is 0 Å². The lowest BCUT2D eigenvalue weighted by Gasteiger charge is -2.31. The fraction of sp³-hybridized carbons (Fsp3) is 0.333. The van der Waals surface area contributed by atoms with Gasteiger partial charge < -0.3 is 10.6 Å². The quantitative estimate of drug-likeness (QED) is 0.463. The number of pyridine rings is 2. The van der Waals surface area contributed by atoms with Gasteiger partial charge in [0.1, 0.15) is 0 Å². The van der Waals surface area contributed by atoms with Gasteiger partial charge in [0.25, 0.3) is 0 Å². The van der Waals surface area contributed by atoms with Gasteiger partial charge >= 0.3 is 23.2 Å². The summed E-state index contributed by atoms with van der Waals surface area (Å²) in [4.78, 5) is 24.9. The summed E-state index contributed by atoms with van der Waals surface area (Å²) in [5.74, 6) is -0.813. The van der Waals surface area contributed by atoms with Crippen LogP contribution in [0, 0.1) is 0 Å². The molecule has 0 aromatic carbocycles. The summed E-state index contributed by atoms with van der Waals surface area (Å²) >= 11 is 0. The van der Waals surface area contributed by atoms with Crippen LogP contribution in [0.4, 0.5) is 0 Å². The minimum absolute atomic E-state index is 0.124. The number of aromatic nitrogens is 2. The summed E-state index contributed by atoms with van der Waals surface area (Å²) in [5, 5.41) is 25.3. The van der Waals surface area contributed by atoms with E-state index >= 15 is 0 Å². The van der Waals surface area contributed by atoms with Crippen molar-refractivity contribution in [2.24, 2.45) is 0 Å². The highest BCUT2D eigenvalue weighted by atomic mass is 16.5. The van der Waals surface area contributed by atoms with Crippen molar-refractivity contribution in [1.82, 2.24) is 10.6 Å². The third-order valence-corrected chi connectivity index (χ3v) is 4.54. The molecule has 3 rings (SSSR count). The number of hydrogen-bond donors (Lipinski definition) is 4. The maximum Gasteiger partial charge on any atom is 0.321 e. The lowest BCUT2D eigenvalue weighted by atomic mass is 9.90. The van der Waals surface area contributed by atoms with E-state index in [2.05, 4.69) is 10.6 Å². The van der Waals surface area contributed by atoms with E-state index in [1.54, 1.807) is 24.3 Å². The van der Waals surface area contributed by atoms with E-state index in [0.717, 1.165) is 35.1 Å². The van der Waals surface area contributed by atoms with Crippen molar-refractivity contribution in [3.05, 3.63) is 60.2 Å². The highest BCUT2D eigenvalue weighted by Crippen LogP contribution is 2.19. The van der Waals surface area contributed by atoms with Crippen molar-refractivity contribution >= 4 is 11.8 Å². The molecule has 1 saturated carbocycles. The van der Waals surface area contributed by atoms with Gasteiger partial charge in [0.2, 0.25) is 12.4 Å². The summed E-state index contributed by atoms with van der Waals surface area (Å²) < 4.78 is 1.54. The van der Waals surface area contributed by atoms with Crippen LogP contribution in [0.3, 0.4) is 0 Å². The first kappa shape index (κ1) is 17.7. The molecule has 1 aliphatic carbocycles. The number of hydrogen-bond acceptors (Lipinski definition) is 4. The molecule has 136 valence electrons. The van der Waals surface area contributed by atoms with Crippen molar-refractivity contribution in [3.8, 4) is 0 Å². The van der Waals surface area contributed by atoms with E-state index in [1.165, 1.54) is 24.5 Å². The van der Waals surface area contributed by atoms with E-state index in [1.807, 2.05) is 0 Å². The van der Waals surface area contributed by atoms with Gasteiger partial charge in [-0.15, -0.1) is 0 Å². The Morgan fingerprint density at radius 1 is 0.808 bits per heavy atom. The number of carbonyl (C=O) groups is 2. The Bertz CT molecular complexity index is 744. The molecule has 0 radical (unpaired) electrons. The molecule has 4 N–H and O–H groups in total. The third-order valence-electron chi connectivity index (χ3n) is 4.54. The first-order chi connectivity index (χ1) is 12.6. The molecule has 1 fully saturated rings. The second kappa shape index (κ2) is 7.81. The van der Waals surface area contributed by atoms with E-state index in [4.69, 9.17) is 0 Å². The van der Waals surface area contributed by atoms with Gasteiger partial charge in [-0.25, -0.2) is 0 Å². The van der Waals surface area contributed by atoms with Crippen molar-refractivity contribution < 1.29 is 29.5 Å². The fourth-order valence-electron chi connectivity index (χ4n) is 3.19. The zero-order chi connectivity index (χ0) is 18.5. The number of rotatable bonds is 4. The average molecular weight is 358 g/mol. The average Bonchev–Trinajstić information content (AvgIpc) is 2.64.